The van der Waals surface area contributed by atoms with Crippen molar-refractivity contribution in [3.05, 3.63) is 35.4 Å². The minimum Gasteiger partial charge on any atom is -0.392 e. The van der Waals surface area contributed by atoms with Gasteiger partial charge in [-0.1, -0.05) is 0 Å². The van der Waals surface area contributed by atoms with E-state index >= 15 is 0 Å². The van der Waals surface area contributed by atoms with E-state index in [4.69, 9.17) is 0 Å². The molecule has 0 spiro atoms. The molecular formula is C13H17F2NO2. The number of carbonyl (C=O) groups is 1. The lowest BCUT2D eigenvalue weighted by atomic mass is 10.1. The van der Waals surface area contributed by atoms with Gasteiger partial charge in [-0.25, -0.2) is 8.78 Å². The summed E-state index contributed by atoms with van der Waals surface area (Å²) >= 11 is 0. The van der Waals surface area contributed by atoms with Crippen molar-refractivity contribution in [1.82, 2.24) is 4.90 Å². The molecule has 5 heteroatoms. The third-order valence-electron chi connectivity index (χ3n) is 2.45. The SMILES string of the molecule is CC(O)CN(C(=O)c1cc(F)cc(F)c1)C(C)C. The molecular weight excluding hydrogens is 240 g/mol. The predicted octanol–water partition coefficient (Wildman–Crippen LogP) is 2.20. The molecule has 1 atom stereocenters. The fraction of sp³-hybridized carbons (Fsp3) is 0.462. The normalized spacial score (nSPS) is 12.6. The van der Waals surface area contributed by atoms with E-state index in [2.05, 4.69) is 0 Å². The van der Waals surface area contributed by atoms with Crippen molar-refractivity contribution in [2.24, 2.45) is 0 Å². The monoisotopic (exact) mass is 257 g/mol. The summed E-state index contributed by atoms with van der Waals surface area (Å²) in [6.45, 7) is 5.22. The zero-order valence-electron chi connectivity index (χ0n) is 10.7. The van der Waals surface area contributed by atoms with Gasteiger partial charge < -0.3 is 10.0 Å². The molecule has 100 valence electrons. The van der Waals surface area contributed by atoms with Crippen molar-refractivity contribution in [1.29, 1.82) is 0 Å². The Kier molecular flexibility index (Phi) is 4.78. The molecule has 1 aromatic carbocycles. The smallest absolute Gasteiger partial charge is 0.254 e. The fourth-order valence-electron chi connectivity index (χ4n) is 1.66. The van der Waals surface area contributed by atoms with Crippen LogP contribution in [0.5, 0.6) is 0 Å². The van der Waals surface area contributed by atoms with Gasteiger partial charge in [0.15, 0.2) is 0 Å². The van der Waals surface area contributed by atoms with Crippen LogP contribution >= 0.6 is 0 Å². The summed E-state index contributed by atoms with van der Waals surface area (Å²) in [6, 6.07) is 2.52. The van der Waals surface area contributed by atoms with E-state index in [1.807, 2.05) is 0 Å². The molecule has 0 saturated carbocycles. The van der Waals surface area contributed by atoms with Crippen molar-refractivity contribution in [2.75, 3.05) is 6.54 Å². The summed E-state index contributed by atoms with van der Waals surface area (Å²) in [4.78, 5) is 13.5. The van der Waals surface area contributed by atoms with Crippen molar-refractivity contribution in [3.63, 3.8) is 0 Å². The van der Waals surface area contributed by atoms with E-state index < -0.39 is 23.6 Å². The average Bonchev–Trinajstić information content (AvgIpc) is 2.23. The number of benzene rings is 1. The number of amides is 1. The molecule has 0 fully saturated rings. The summed E-state index contributed by atoms with van der Waals surface area (Å²) in [5, 5.41) is 9.33. The maximum absolute atomic E-state index is 13.1. The standard InChI is InChI=1S/C13H17F2NO2/c1-8(2)16(7-9(3)17)13(18)10-4-11(14)6-12(15)5-10/h4-6,8-9,17H,7H2,1-3H3. The number of rotatable bonds is 4. The molecule has 0 bridgehead atoms. The summed E-state index contributed by atoms with van der Waals surface area (Å²) in [7, 11) is 0. The molecule has 1 amide bonds. The number of halogens is 2. The van der Waals surface area contributed by atoms with E-state index in [0.717, 1.165) is 12.1 Å². The minimum absolute atomic E-state index is 0.0538. The second-order valence-electron chi connectivity index (χ2n) is 4.56. The van der Waals surface area contributed by atoms with Gasteiger partial charge in [0.05, 0.1) is 6.10 Å². The molecule has 1 unspecified atom stereocenters. The molecule has 0 radical (unpaired) electrons. The van der Waals surface area contributed by atoms with Crippen LogP contribution in [-0.4, -0.2) is 34.6 Å². The first-order valence-corrected chi connectivity index (χ1v) is 5.76. The third-order valence-corrected chi connectivity index (χ3v) is 2.45. The van der Waals surface area contributed by atoms with Crippen molar-refractivity contribution >= 4 is 5.91 Å². The Morgan fingerprint density at radius 1 is 1.22 bits per heavy atom. The molecule has 1 aromatic rings. The summed E-state index contributed by atoms with van der Waals surface area (Å²) in [5.41, 5.74) is -0.0538. The highest BCUT2D eigenvalue weighted by Crippen LogP contribution is 2.13. The highest BCUT2D eigenvalue weighted by atomic mass is 19.1. The largest absolute Gasteiger partial charge is 0.392 e. The van der Waals surface area contributed by atoms with Gasteiger partial charge in [0.2, 0.25) is 0 Å². The maximum Gasteiger partial charge on any atom is 0.254 e. The number of nitrogens with zero attached hydrogens (tertiary/aromatic N) is 1. The maximum atomic E-state index is 13.1. The Morgan fingerprint density at radius 3 is 2.11 bits per heavy atom. The topological polar surface area (TPSA) is 40.5 Å². The van der Waals surface area contributed by atoms with Crippen LogP contribution in [0.25, 0.3) is 0 Å². The van der Waals surface area contributed by atoms with Crippen LogP contribution in [-0.2, 0) is 0 Å². The second kappa shape index (κ2) is 5.91. The highest BCUT2D eigenvalue weighted by Gasteiger charge is 2.21. The Hall–Kier alpha value is -1.49. The lowest BCUT2D eigenvalue weighted by molar-refractivity contribution is 0.0578. The van der Waals surface area contributed by atoms with E-state index in [-0.39, 0.29) is 18.2 Å². The summed E-state index contributed by atoms with van der Waals surface area (Å²) in [5.74, 6) is -2.08. The molecule has 3 nitrogen and oxygen atoms in total. The van der Waals surface area contributed by atoms with Crippen LogP contribution < -0.4 is 0 Å². The number of aliphatic hydroxyl groups is 1. The third kappa shape index (κ3) is 3.77. The van der Waals surface area contributed by atoms with E-state index in [9.17, 15) is 18.7 Å². The Morgan fingerprint density at radius 2 is 1.72 bits per heavy atom. The zero-order chi connectivity index (χ0) is 13.9. The molecule has 0 saturated heterocycles. The number of carbonyl (C=O) groups excluding carboxylic acids is 1. The van der Waals surface area contributed by atoms with Gasteiger partial charge in [-0.2, -0.15) is 0 Å². The van der Waals surface area contributed by atoms with Crippen LogP contribution in [0, 0.1) is 11.6 Å². The van der Waals surface area contributed by atoms with Crippen molar-refractivity contribution in [3.8, 4) is 0 Å². The van der Waals surface area contributed by atoms with Crippen LogP contribution in [0.1, 0.15) is 31.1 Å². The van der Waals surface area contributed by atoms with Gasteiger partial charge in [-0.05, 0) is 32.9 Å². The van der Waals surface area contributed by atoms with E-state index in [0.29, 0.717) is 6.07 Å². The molecule has 1 N–H and O–H groups in total. The molecule has 1 rings (SSSR count). The number of hydrogen-bond acceptors (Lipinski definition) is 2. The molecule has 0 aliphatic heterocycles. The molecule has 18 heavy (non-hydrogen) atoms. The summed E-state index contributed by atoms with van der Waals surface area (Å²) < 4.78 is 26.1. The highest BCUT2D eigenvalue weighted by molar-refractivity contribution is 5.94. The fourth-order valence-corrected chi connectivity index (χ4v) is 1.66. The predicted molar refractivity (Wildman–Crippen MR) is 64.2 cm³/mol. The lowest BCUT2D eigenvalue weighted by Gasteiger charge is -2.28. The molecule has 0 aliphatic rings. The van der Waals surface area contributed by atoms with E-state index in [1.54, 1.807) is 20.8 Å². The van der Waals surface area contributed by atoms with Crippen molar-refractivity contribution in [2.45, 2.75) is 32.9 Å². The van der Waals surface area contributed by atoms with Crippen LogP contribution in [0.2, 0.25) is 0 Å². The second-order valence-corrected chi connectivity index (χ2v) is 4.56. The van der Waals surface area contributed by atoms with Gasteiger partial charge in [-0.3, -0.25) is 4.79 Å². The van der Waals surface area contributed by atoms with Crippen LogP contribution in [0.4, 0.5) is 8.78 Å². The quantitative estimate of drug-likeness (QED) is 0.898. The average molecular weight is 257 g/mol. The Bertz CT molecular complexity index is 413. The lowest BCUT2D eigenvalue weighted by Crippen LogP contribution is -2.41. The molecule has 0 aromatic heterocycles. The summed E-state index contributed by atoms with van der Waals surface area (Å²) in [6.07, 6.45) is -0.699. The first-order chi connectivity index (χ1) is 8.31. The Balaban J connectivity index is 3.01. The number of hydrogen-bond donors (Lipinski definition) is 1. The first-order valence-electron chi connectivity index (χ1n) is 5.76. The zero-order valence-corrected chi connectivity index (χ0v) is 10.7. The molecule has 0 aliphatic carbocycles. The van der Waals surface area contributed by atoms with Gasteiger partial charge in [0.1, 0.15) is 11.6 Å². The van der Waals surface area contributed by atoms with Gasteiger partial charge in [0, 0.05) is 24.2 Å². The minimum atomic E-state index is -0.792. The van der Waals surface area contributed by atoms with Gasteiger partial charge in [-0.15, -0.1) is 0 Å². The van der Waals surface area contributed by atoms with E-state index in [1.165, 1.54) is 4.90 Å². The van der Waals surface area contributed by atoms with Crippen molar-refractivity contribution < 1.29 is 18.7 Å². The van der Waals surface area contributed by atoms with Gasteiger partial charge >= 0.3 is 0 Å². The van der Waals surface area contributed by atoms with Crippen LogP contribution in [0.15, 0.2) is 18.2 Å². The van der Waals surface area contributed by atoms with Gasteiger partial charge in [0.25, 0.3) is 5.91 Å². The molecule has 0 heterocycles. The first kappa shape index (κ1) is 14.6. The van der Waals surface area contributed by atoms with Crippen LogP contribution in [0.3, 0.4) is 0 Å². The number of aliphatic hydroxyl groups excluding tert-OH is 1. The Labute approximate surface area is 105 Å².